The van der Waals surface area contributed by atoms with Gasteiger partial charge < -0.3 is 9.47 Å². The summed E-state index contributed by atoms with van der Waals surface area (Å²) in [4.78, 5) is 14.6. The highest BCUT2D eigenvalue weighted by atomic mass is 32.2. The van der Waals surface area contributed by atoms with Gasteiger partial charge in [0.05, 0.1) is 11.4 Å². The Morgan fingerprint density at radius 3 is 2.67 bits per heavy atom. The highest BCUT2D eigenvalue weighted by Crippen LogP contribution is 2.20. The molecule has 0 spiro atoms. The van der Waals surface area contributed by atoms with Gasteiger partial charge in [0, 0.05) is 18.7 Å². The Hall–Kier alpha value is -2.26. The Balaban J connectivity index is 1.92. The molecule has 1 aromatic heterocycles. The van der Waals surface area contributed by atoms with Crippen LogP contribution in [0.25, 0.3) is 0 Å². The summed E-state index contributed by atoms with van der Waals surface area (Å²) in [5.41, 5.74) is 1.12. The standard InChI is InChI=1S/C15H19N5O3S/c1-10-4-5-12(24(22,23)16-3)8-13(10)15(21)19-6-7-20-11(2)17-18-14(20)9-19/h4-5,8,16H,6-7,9H2,1-3H3. The number of hydrogen-bond donors (Lipinski definition) is 1. The number of nitrogens with zero attached hydrogens (tertiary/aromatic N) is 4. The van der Waals surface area contributed by atoms with Crippen molar-refractivity contribution in [1.82, 2.24) is 24.4 Å². The first-order chi connectivity index (χ1) is 11.3. The fourth-order valence-electron chi connectivity index (χ4n) is 2.76. The summed E-state index contributed by atoms with van der Waals surface area (Å²) in [6, 6.07) is 4.57. The normalized spacial score (nSPS) is 14.5. The van der Waals surface area contributed by atoms with E-state index in [0.29, 0.717) is 25.2 Å². The Bertz CT molecular complexity index is 904. The largest absolute Gasteiger partial charge is 0.329 e. The molecule has 1 amide bonds. The number of nitrogens with one attached hydrogen (secondary N) is 1. The third-order valence-electron chi connectivity index (χ3n) is 4.24. The summed E-state index contributed by atoms with van der Waals surface area (Å²) in [5, 5.41) is 8.12. The third-order valence-corrected chi connectivity index (χ3v) is 5.66. The van der Waals surface area contributed by atoms with E-state index in [1.807, 2.05) is 11.5 Å². The summed E-state index contributed by atoms with van der Waals surface area (Å²) < 4.78 is 28.2. The van der Waals surface area contributed by atoms with Gasteiger partial charge in [-0.25, -0.2) is 13.1 Å². The lowest BCUT2D eigenvalue weighted by Gasteiger charge is -2.28. The molecule has 0 atom stereocenters. The monoisotopic (exact) mass is 349 g/mol. The van der Waals surface area contributed by atoms with Crippen molar-refractivity contribution in [2.45, 2.75) is 31.8 Å². The highest BCUT2D eigenvalue weighted by Gasteiger charge is 2.26. The van der Waals surface area contributed by atoms with Crippen molar-refractivity contribution in [2.24, 2.45) is 0 Å². The minimum Gasteiger partial charge on any atom is -0.329 e. The molecule has 8 nitrogen and oxygen atoms in total. The molecular formula is C15H19N5O3S. The van der Waals surface area contributed by atoms with E-state index in [9.17, 15) is 13.2 Å². The Morgan fingerprint density at radius 1 is 1.21 bits per heavy atom. The molecule has 0 saturated heterocycles. The number of aromatic nitrogens is 3. The van der Waals surface area contributed by atoms with Crippen LogP contribution in [0.4, 0.5) is 0 Å². The first-order valence-electron chi connectivity index (χ1n) is 7.55. The van der Waals surface area contributed by atoms with Crippen molar-refractivity contribution < 1.29 is 13.2 Å². The molecule has 0 saturated carbocycles. The van der Waals surface area contributed by atoms with E-state index >= 15 is 0 Å². The predicted molar refractivity (Wildman–Crippen MR) is 86.9 cm³/mol. The third kappa shape index (κ3) is 2.80. The van der Waals surface area contributed by atoms with Gasteiger partial charge in [0.1, 0.15) is 5.82 Å². The molecule has 0 unspecified atom stereocenters. The van der Waals surface area contributed by atoms with E-state index in [0.717, 1.165) is 17.2 Å². The molecule has 1 aliphatic rings. The van der Waals surface area contributed by atoms with Gasteiger partial charge in [0.15, 0.2) is 5.82 Å². The van der Waals surface area contributed by atoms with Gasteiger partial charge in [-0.2, -0.15) is 0 Å². The minimum absolute atomic E-state index is 0.0787. The van der Waals surface area contributed by atoms with Crippen LogP contribution >= 0.6 is 0 Å². The van der Waals surface area contributed by atoms with E-state index in [1.54, 1.807) is 17.9 Å². The average molecular weight is 349 g/mol. The molecule has 128 valence electrons. The smallest absolute Gasteiger partial charge is 0.254 e. The Morgan fingerprint density at radius 2 is 1.96 bits per heavy atom. The summed E-state index contributed by atoms with van der Waals surface area (Å²) in [7, 11) is -2.25. The molecule has 0 bridgehead atoms. The second kappa shape index (κ2) is 5.99. The molecule has 2 heterocycles. The number of carbonyl (C=O) groups is 1. The number of carbonyl (C=O) groups excluding carboxylic acids is 1. The zero-order valence-electron chi connectivity index (χ0n) is 13.8. The molecule has 1 aromatic carbocycles. The molecule has 1 aliphatic heterocycles. The lowest BCUT2D eigenvalue weighted by atomic mass is 10.1. The maximum atomic E-state index is 12.9. The Kier molecular flexibility index (Phi) is 4.14. The minimum atomic E-state index is -3.59. The molecule has 1 N–H and O–H groups in total. The number of amides is 1. The van der Waals surface area contributed by atoms with Crippen molar-refractivity contribution in [3.05, 3.63) is 41.0 Å². The van der Waals surface area contributed by atoms with E-state index in [2.05, 4.69) is 14.9 Å². The maximum Gasteiger partial charge on any atom is 0.254 e. The molecule has 0 aliphatic carbocycles. The van der Waals surface area contributed by atoms with Crippen LogP contribution in [0.3, 0.4) is 0 Å². The molecule has 0 fully saturated rings. The first kappa shape index (κ1) is 16.6. The first-order valence-corrected chi connectivity index (χ1v) is 9.04. The van der Waals surface area contributed by atoms with Gasteiger partial charge in [-0.1, -0.05) is 6.07 Å². The van der Waals surface area contributed by atoms with E-state index in [-0.39, 0.29) is 10.8 Å². The fourth-order valence-corrected chi connectivity index (χ4v) is 3.52. The quantitative estimate of drug-likeness (QED) is 0.868. The van der Waals surface area contributed by atoms with Crippen LogP contribution in [-0.2, 0) is 23.1 Å². The van der Waals surface area contributed by atoms with Crippen molar-refractivity contribution in [1.29, 1.82) is 0 Å². The number of benzene rings is 1. The van der Waals surface area contributed by atoms with E-state index in [1.165, 1.54) is 19.2 Å². The van der Waals surface area contributed by atoms with Gasteiger partial charge in [0.25, 0.3) is 5.91 Å². The summed E-state index contributed by atoms with van der Waals surface area (Å²) in [6.45, 7) is 5.20. The SMILES string of the molecule is CNS(=O)(=O)c1ccc(C)c(C(=O)N2CCn3c(C)nnc3C2)c1. The predicted octanol–water partition coefficient (Wildman–Crippen LogP) is 0.459. The summed E-state index contributed by atoms with van der Waals surface area (Å²) in [5.74, 6) is 1.37. The number of fused-ring (bicyclic) bond motifs is 1. The number of sulfonamides is 1. The molecule has 2 aromatic rings. The maximum absolute atomic E-state index is 12.9. The van der Waals surface area contributed by atoms with Crippen LogP contribution in [0.15, 0.2) is 23.1 Å². The van der Waals surface area contributed by atoms with Crippen LogP contribution in [0.2, 0.25) is 0 Å². The van der Waals surface area contributed by atoms with Gasteiger partial charge in [-0.15, -0.1) is 10.2 Å². The number of rotatable bonds is 3. The van der Waals surface area contributed by atoms with Crippen LogP contribution in [-0.4, -0.2) is 47.6 Å². The lowest BCUT2D eigenvalue weighted by Crippen LogP contribution is -2.39. The van der Waals surface area contributed by atoms with Gasteiger partial charge >= 0.3 is 0 Å². The second-order valence-electron chi connectivity index (χ2n) is 5.73. The number of aryl methyl sites for hydroxylation is 2. The van der Waals surface area contributed by atoms with E-state index in [4.69, 9.17) is 0 Å². The van der Waals surface area contributed by atoms with Crippen molar-refractivity contribution in [3.63, 3.8) is 0 Å². The van der Waals surface area contributed by atoms with Gasteiger partial charge in [0.2, 0.25) is 10.0 Å². The zero-order valence-corrected chi connectivity index (χ0v) is 14.6. The highest BCUT2D eigenvalue weighted by molar-refractivity contribution is 7.89. The molecule has 3 rings (SSSR count). The molecular weight excluding hydrogens is 330 g/mol. The van der Waals surface area contributed by atoms with E-state index < -0.39 is 10.0 Å². The van der Waals surface area contributed by atoms with Gasteiger partial charge in [-0.05, 0) is 38.6 Å². The van der Waals surface area contributed by atoms with Crippen LogP contribution in [0.5, 0.6) is 0 Å². The van der Waals surface area contributed by atoms with Crippen molar-refractivity contribution in [2.75, 3.05) is 13.6 Å². The zero-order chi connectivity index (χ0) is 17.5. The van der Waals surface area contributed by atoms with Crippen molar-refractivity contribution >= 4 is 15.9 Å². The second-order valence-corrected chi connectivity index (χ2v) is 7.61. The van der Waals surface area contributed by atoms with Gasteiger partial charge in [-0.3, -0.25) is 4.79 Å². The van der Waals surface area contributed by atoms with Crippen molar-refractivity contribution in [3.8, 4) is 0 Å². The molecule has 24 heavy (non-hydrogen) atoms. The molecule has 9 heteroatoms. The number of hydrogen-bond acceptors (Lipinski definition) is 5. The average Bonchev–Trinajstić information content (AvgIpc) is 2.95. The van der Waals surface area contributed by atoms with Crippen LogP contribution in [0.1, 0.15) is 27.6 Å². The fraction of sp³-hybridized carbons (Fsp3) is 0.400. The Labute approximate surface area is 140 Å². The lowest BCUT2D eigenvalue weighted by molar-refractivity contribution is 0.0705. The van der Waals surface area contributed by atoms with Crippen LogP contribution < -0.4 is 4.72 Å². The summed E-state index contributed by atoms with van der Waals surface area (Å²) in [6.07, 6.45) is 0. The molecule has 0 radical (unpaired) electrons. The topological polar surface area (TPSA) is 97.2 Å². The summed E-state index contributed by atoms with van der Waals surface area (Å²) >= 11 is 0. The van der Waals surface area contributed by atoms with Crippen LogP contribution in [0, 0.1) is 13.8 Å².